The molecule has 8 aromatic carbocycles. The van der Waals surface area contributed by atoms with Crippen molar-refractivity contribution in [3.63, 3.8) is 0 Å². The summed E-state index contributed by atoms with van der Waals surface area (Å²) in [7, 11) is 0. The highest BCUT2D eigenvalue weighted by Crippen LogP contribution is 2.62. The standard InChI is InChI=1S/C49H33NO/c1-3-14-34(15-4-1)35-26-28-36(29-27-35)37-16-13-19-39(32-37)50(38-17-5-2-6-18-38)40-30-31-42-41-20-7-8-21-43(41)49(46(42)33-40)44-22-9-11-24-47(44)51-48-25-12-10-23-45(48)49/h1-33H. The predicted molar refractivity (Wildman–Crippen MR) is 209 cm³/mol. The number of para-hydroxylation sites is 3. The van der Waals surface area contributed by atoms with Crippen molar-refractivity contribution in [2.45, 2.75) is 5.41 Å². The first-order valence-corrected chi connectivity index (χ1v) is 17.5. The lowest BCUT2D eigenvalue weighted by Gasteiger charge is -2.39. The molecule has 0 saturated heterocycles. The first-order chi connectivity index (χ1) is 25.3. The van der Waals surface area contributed by atoms with Crippen LogP contribution >= 0.6 is 0 Å². The van der Waals surface area contributed by atoms with Gasteiger partial charge in [0.25, 0.3) is 0 Å². The van der Waals surface area contributed by atoms with Crippen molar-refractivity contribution in [2.75, 3.05) is 4.90 Å². The van der Waals surface area contributed by atoms with Crippen LogP contribution in [0.4, 0.5) is 17.1 Å². The van der Waals surface area contributed by atoms with E-state index in [1.807, 2.05) is 0 Å². The predicted octanol–water partition coefficient (Wildman–Crippen LogP) is 13.0. The molecule has 51 heavy (non-hydrogen) atoms. The van der Waals surface area contributed by atoms with Gasteiger partial charge in [-0.2, -0.15) is 0 Å². The quantitative estimate of drug-likeness (QED) is 0.184. The third-order valence-electron chi connectivity index (χ3n) is 10.5. The minimum absolute atomic E-state index is 0.530. The lowest BCUT2D eigenvalue weighted by Crippen LogP contribution is -2.32. The molecule has 240 valence electrons. The molecule has 0 bridgehead atoms. The Morgan fingerprint density at radius 1 is 0.314 bits per heavy atom. The molecule has 0 aromatic heterocycles. The maximum atomic E-state index is 6.59. The number of ether oxygens (including phenoxy) is 1. The fourth-order valence-corrected chi connectivity index (χ4v) is 8.32. The molecule has 0 unspecified atom stereocenters. The number of rotatable bonds is 5. The highest BCUT2D eigenvalue weighted by atomic mass is 16.5. The minimum atomic E-state index is -0.530. The number of fused-ring (bicyclic) bond motifs is 9. The van der Waals surface area contributed by atoms with E-state index in [9.17, 15) is 0 Å². The van der Waals surface area contributed by atoms with Gasteiger partial charge in [-0.25, -0.2) is 0 Å². The molecule has 2 aliphatic rings. The van der Waals surface area contributed by atoms with Crippen molar-refractivity contribution in [3.05, 3.63) is 222 Å². The summed E-state index contributed by atoms with van der Waals surface area (Å²) < 4.78 is 6.59. The number of hydrogen-bond acceptors (Lipinski definition) is 2. The second kappa shape index (κ2) is 11.8. The van der Waals surface area contributed by atoms with Crippen molar-refractivity contribution < 1.29 is 4.74 Å². The molecule has 1 aliphatic carbocycles. The summed E-state index contributed by atoms with van der Waals surface area (Å²) in [4.78, 5) is 2.38. The minimum Gasteiger partial charge on any atom is -0.457 e. The van der Waals surface area contributed by atoms with Crippen LogP contribution in [0.15, 0.2) is 200 Å². The summed E-state index contributed by atoms with van der Waals surface area (Å²) in [5.74, 6) is 1.80. The fraction of sp³-hybridized carbons (Fsp3) is 0.0204. The van der Waals surface area contributed by atoms with Gasteiger partial charge in [0.2, 0.25) is 0 Å². The molecule has 0 fully saturated rings. The van der Waals surface area contributed by atoms with E-state index in [0.29, 0.717) is 0 Å². The molecule has 2 heteroatoms. The Balaban J connectivity index is 1.16. The van der Waals surface area contributed by atoms with Crippen LogP contribution in [0, 0.1) is 0 Å². The van der Waals surface area contributed by atoms with Crippen LogP contribution in [0.5, 0.6) is 11.5 Å². The molecule has 10 rings (SSSR count). The summed E-state index contributed by atoms with van der Waals surface area (Å²) in [5.41, 5.74) is 15.0. The molecule has 0 saturated carbocycles. The zero-order valence-corrected chi connectivity index (χ0v) is 27.9. The van der Waals surface area contributed by atoms with Gasteiger partial charge < -0.3 is 9.64 Å². The van der Waals surface area contributed by atoms with Crippen LogP contribution < -0.4 is 9.64 Å². The Kier molecular flexibility index (Phi) is 6.75. The van der Waals surface area contributed by atoms with Crippen LogP contribution in [0.1, 0.15) is 22.3 Å². The van der Waals surface area contributed by atoms with Crippen molar-refractivity contribution in [2.24, 2.45) is 0 Å². The van der Waals surface area contributed by atoms with Gasteiger partial charge in [-0.05, 0) is 93.0 Å². The van der Waals surface area contributed by atoms with E-state index in [4.69, 9.17) is 4.74 Å². The number of benzene rings is 8. The maximum absolute atomic E-state index is 6.59. The van der Waals surface area contributed by atoms with Crippen LogP contribution in [0.3, 0.4) is 0 Å². The third kappa shape index (κ3) is 4.57. The summed E-state index contributed by atoms with van der Waals surface area (Å²) in [5, 5.41) is 0. The van der Waals surface area contributed by atoms with Gasteiger partial charge in [0, 0.05) is 28.2 Å². The van der Waals surface area contributed by atoms with E-state index in [-0.39, 0.29) is 0 Å². The lowest BCUT2D eigenvalue weighted by atomic mass is 9.66. The van der Waals surface area contributed by atoms with Crippen LogP contribution in [-0.2, 0) is 5.41 Å². The van der Waals surface area contributed by atoms with E-state index in [2.05, 4.69) is 205 Å². The second-order valence-corrected chi connectivity index (χ2v) is 13.3. The molecule has 2 nitrogen and oxygen atoms in total. The van der Waals surface area contributed by atoms with Gasteiger partial charge in [0.1, 0.15) is 11.5 Å². The van der Waals surface area contributed by atoms with E-state index >= 15 is 0 Å². The fourth-order valence-electron chi connectivity index (χ4n) is 8.32. The van der Waals surface area contributed by atoms with Crippen molar-refractivity contribution in [1.29, 1.82) is 0 Å². The van der Waals surface area contributed by atoms with Gasteiger partial charge in [-0.1, -0.05) is 152 Å². The average Bonchev–Trinajstić information content (AvgIpc) is 3.49. The molecule has 0 N–H and O–H groups in total. The summed E-state index contributed by atoms with van der Waals surface area (Å²) >= 11 is 0. The van der Waals surface area contributed by atoms with Gasteiger partial charge in [-0.3, -0.25) is 0 Å². The third-order valence-corrected chi connectivity index (χ3v) is 10.5. The Morgan fingerprint density at radius 2 is 0.804 bits per heavy atom. The van der Waals surface area contributed by atoms with Gasteiger partial charge in [-0.15, -0.1) is 0 Å². The average molecular weight is 652 g/mol. The zero-order valence-electron chi connectivity index (χ0n) is 27.9. The normalized spacial score (nSPS) is 13.0. The highest BCUT2D eigenvalue weighted by molar-refractivity contribution is 5.91. The highest BCUT2D eigenvalue weighted by Gasteiger charge is 2.51. The van der Waals surface area contributed by atoms with E-state index in [0.717, 1.165) is 28.6 Å². The maximum Gasteiger partial charge on any atom is 0.132 e. The lowest BCUT2D eigenvalue weighted by molar-refractivity contribution is 0.436. The molecule has 1 spiro atoms. The molecular formula is C49H33NO. The molecule has 1 heterocycles. The summed E-state index contributed by atoms with van der Waals surface area (Å²) in [6.07, 6.45) is 0. The Bertz CT molecular complexity index is 2510. The van der Waals surface area contributed by atoms with Crippen molar-refractivity contribution >= 4 is 17.1 Å². The number of nitrogens with zero attached hydrogens (tertiary/aromatic N) is 1. The number of anilines is 3. The first-order valence-electron chi connectivity index (χ1n) is 17.5. The first kappa shape index (κ1) is 29.3. The molecule has 0 amide bonds. The molecule has 1 aliphatic heterocycles. The van der Waals surface area contributed by atoms with Crippen LogP contribution in [0.2, 0.25) is 0 Å². The zero-order chi connectivity index (χ0) is 33.8. The topological polar surface area (TPSA) is 12.5 Å². The molecular weight excluding hydrogens is 619 g/mol. The second-order valence-electron chi connectivity index (χ2n) is 13.3. The Morgan fingerprint density at radius 3 is 1.51 bits per heavy atom. The van der Waals surface area contributed by atoms with Crippen molar-refractivity contribution in [1.82, 2.24) is 0 Å². The Labute approximate surface area is 298 Å². The van der Waals surface area contributed by atoms with Gasteiger partial charge in [0.05, 0.1) is 5.41 Å². The molecule has 8 aromatic rings. The summed E-state index contributed by atoms with van der Waals surface area (Å²) in [6.45, 7) is 0. The molecule has 0 radical (unpaired) electrons. The number of hydrogen-bond donors (Lipinski definition) is 0. The van der Waals surface area contributed by atoms with Gasteiger partial charge in [0.15, 0.2) is 0 Å². The monoisotopic (exact) mass is 651 g/mol. The summed E-state index contributed by atoms with van der Waals surface area (Å²) in [6, 6.07) is 72.0. The largest absolute Gasteiger partial charge is 0.457 e. The van der Waals surface area contributed by atoms with E-state index < -0.39 is 5.41 Å². The smallest absolute Gasteiger partial charge is 0.132 e. The SMILES string of the molecule is c1ccc(-c2ccc(-c3cccc(N(c4ccccc4)c4ccc5c(c4)C4(c6ccccc6Oc6ccccc64)c4ccccc4-5)c3)cc2)cc1. The molecule has 0 atom stereocenters. The van der Waals surface area contributed by atoms with E-state index in [1.54, 1.807) is 0 Å². The van der Waals surface area contributed by atoms with Gasteiger partial charge >= 0.3 is 0 Å². The van der Waals surface area contributed by atoms with Crippen LogP contribution in [-0.4, -0.2) is 0 Å². The van der Waals surface area contributed by atoms with Crippen LogP contribution in [0.25, 0.3) is 33.4 Å². The van der Waals surface area contributed by atoms with Crippen molar-refractivity contribution in [3.8, 4) is 44.9 Å². The van der Waals surface area contributed by atoms with E-state index in [1.165, 1.54) is 55.6 Å². The Hall–Kier alpha value is -6.64.